The molecule has 3 aromatic carbocycles. The normalized spacial score (nSPS) is 16.9. The lowest BCUT2D eigenvalue weighted by molar-refractivity contribution is -0.119. The van der Waals surface area contributed by atoms with Crippen molar-refractivity contribution in [1.29, 1.82) is 0 Å². The molecule has 0 aromatic heterocycles. The average molecular weight is 386 g/mol. The standard InChI is InChI=1S/C25H26N2O2/c1-2-23(18-11-13-22(14-12-18)29-21-9-4-3-5-10-21)26-20-8-6-7-19(17-20)24-15-16-25(28)27-24/h3-14,17,23-24,26H,2,15-16H2,1H3,(H,27,28). The van der Waals surface area contributed by atoms with Crippen LogP contribution in [0.3, 0.4) is 0 Å². The van der Waals surface area contributed by atoms with Gasteiger partial charge in [0.15, 0.2) is 0 Å². The van der Waals surface area contributed by atoms with Crippen LogP contribution in [0.4, 0.5) is 5.69 Å². The number of nitrogens with one attached hydrogen (secondary N) is 2. The molecule has 3 aromatic rings. The van der Waals surface area contributed by atoms with Gasteiger partial charge in [0.1, 0.15) is 11.5 Å². The zero-order valence-corrected chi connectivity index (χ0v) is 16.6. The second kappa shape index (κ2) is 8.82. The van der Waals surface area contributed by atoms with Crippen molar-refractivity contribution in [1.82, 2.24) is 5.32 Å². The number of anilines is 1. The fraction of sp³-hybridized carbons (Fsp3) is 0.240. The van der Waals surface area contributed by atoms with E-state index >= 15 is 0 Å². The zero-order valence-electron chi connectivity index (χ0n) is 16.6. The lowest BCUT2D eigenvalue weighted by atomic mass is 10.0. The van der Waals surface area contributed by atoms with E-state index in [1.807, 2.05) is 48.5 Å². The fourth-order valence-electron chi connectivity index (χ4n) is 3.72. The molecular weight excluding hydrogens is 360 g/mol. The van der Waals surface area contributed by atoms with E-state index in [2.05, 4.69) is 47.9 Å². The smallest absolute Gasteiger partial charge is 0.220 e. The second-order valence-electron chi connectivity index (χ2n) is 7.37. The number of benzene rings is 3. The van der Waals surface area contributed by atoms with Gasteiger partial charge < -0.3 is 15.4 Å². The van der Waals surface area contributed by atoms with Crippen molar-refractivity contribution in [2.75, 3.05) is 5.32 Å². The van der Waals surface area contributed by atoms with Gasteiger partial charge in [-0.05, 0) is 60.4 Å². The van der Waals surface area contributed by atoms with E-state index in [-0.39, 0.29) is 18.0 Å². The van der Waals surface area contributed by atoms with Crippen LogP contribution in [-0.2, 0) is 4.79 Å². The third-order valence-corrected chi connectivity index (χ3v) is 5.29. The molecule has 4 nitrogen and oxygen atoms in total. The molecule has 1 aliphatic heterocycles. The fourth-order valence-corrected chi connectivity index (χ4v) is 3.72. The Bertz CT molecular complexity index is 954. The van der Waals surface area contributed by atoms with Crippen molar-refractivity contribution in [2.45, 2.75) is 38.3 Å². The molecule has 0 bridgehead atoms. The number of rotatable bonds is 7. The molecule has 0 saturated carbocycles. The van der Waals surface area contributed by atoms with E-state index in [0.717, 1.165) is 35.6 Å². The summed E-state index contributed by atoms with van der Waals surface area (Å²) in [5.74, 6) is 1.80. The van der Waals surface area contributed by atoms with Gasteiger partial charge in [-0.2, -0.15) is 0 Å². The van der Waals surface area contributed by atoms with Crippen LogP contribution in [0, 0.1) is 0 Å². The number of hydrogen-bond donors (Lipinski definition) is 2. The van der Waals surface area contributed by atoms with Gasteiger partial charge in [-0.1, -0.05) is 49.4 Å². The first kappa shape index (κ1) is 19.1. The predicted molar refractivity (Wildman–Crippen MR) is 116 cm³/mol. The van der Waals surface area contributed by atoms with Crippen molar-refractivity contribution in [3.05, 3.63) is 90.0 Å². The zero-order chi connectivity index (χ0) is 20.1. The summed E-state index contributed by atoms with van der Waals surface area (Å²) >= 11 is 0. The van der Waals surface area contributed by atoms with Crippen LogP contribution in [0.5, 0.6) is 11.5 Å². The Morgan fingerprint density at radius 3 is 2.45 bits per heavy atom. The van der Waals surface area contributed by atoms with E-state index in [1.165, 1.54) is 5.56 Å². The lowest BCUT2D eigenvalue weighted by Crippen LogP contribution is -2.18. The minimum atomic E-state index is 0.124. The summed E-state index contributed by atoms with van der Waals surface area (Å²) in [5, 5.41) is 6.68. The molecule has 2 unspecified atom stereocenters. The van der Waals surface area contributed by atoms with Crippen molar-refractivity contribution < 1.29 is 9.53 Å². The molecular formula is C25H26N2O2. The molecule has 4 heteroatoms. The Labute approximate surface area is 171 Å². The average Bonchev–Trinajstić information content (AvgIpc) is 3.20. The maximum atomic E-state index is 11.5. The topological polar surface area (TPSA) is 50.4 Å². The van der Waals surface area contributed by atoms with Crippen molar-refractivity contribution >= 4 is 11.6 Å². The maximum Gasteiger partial charge on any atom is 0.220 e. The quantitative estimate of drug-likeness (QED) is 0.524. The van der Waals surface area contributed by atoms with Gasteiger partial charge in [0.2, 0.25) is 5.91 Å². The number of ether oxygens (including phenoxy) is 1. The molecule has 0 spiro atoms. The highest BCUT2D eigenvalue weighted by molar-refractivity contribution is 5.78. The third kappa shape index (κ3) is 4.77. The molecule has 0 aliphatic carbocycles. The Balaban J connectivity index is 1.44. The van der Waals surface area contributed by atoms with Crippen LogP contribution < -0.4 is 15.4 Å². The van der Waals surface area contributed by atoms with Crippen LogP contribution in [0.1, 0.15) is 49.4 Å². The molecule has 2 N–H and O–H groups in total. The molecule has 4 rings (SSSR count). The van der Waals surface area contributed by atoms with E-state index in [0.29, 0.717) is 6.42 Å². The summed E-state index contributed by atoms with van der Waals surface area (Å²) in [5.41, 5.74) is 3.44. The Morgan fingerprint density at radius 2 is 1.76 bits per heavy atom. The highest BCUT2D eigenvalue weighted by Crippen LogP contribution is 2.29. The first-order valence-electron chi connectivity index (χ1n) is 10.2. The molecule has 1 saturated heterocycles. The summed E-state index contributed by atoms with van der Waals surface area (Å²) in [6.07, 6.45) is 2.43. The SMILES string of the molecule is CCC(Nc1cccc(C2CCC(=O)N2)c1)c1ccc(Oc2ccccc2)cc1. The molecule has 148 valence electrons. The minimum Gasteiger partial charge on any atom is -0.457 e. The van der Waals surface area contributed by atoms with Crippen LogP contribution >= 0.6 is 0 Å². The largest absolute Gasteiger partial charge is 0.457 e. The first-order chi connectivity index (χ1) is 14.2. The number of para-hydroxylation sites is 1. The van der Waals surface area contributed by atoms with E-state index < -0.39 is 0 Å². The summed E-state index contributed by atoms with van der Waals surface area (Å²) in [4.78, 5) is 11.5. The molecule has 1 amide bonds. The highest BCUT2D eigenvalue weighted by atomic mass is 16.5. The Morgan fingerprint density at radius 1 is 1.00 bits per heavy atom. The Kier molecular flexibility index (Phi) is 5.80. The maximum absolute atomic E-state index is 11.5. The van der Waals surface area contributed by atoms with E-state index in [1.54, 1.807) is 0 Å². The molecule has 2 atom stereocenters. The Hall–Kier alpha value is -3.27. The minimum absolute atomic E-state index is 0.124. The summed E-state index contributed by atoms with van der Waals surface area (Å²) in [6, 6.07) is 26.7. The number of carbonyl (C=O) groups is 1. The number of hydrogen-bond acceptors (Lipinski definition) is 3. The van der Waals surface area contributed by atoms with E-state index in [9.17, 15) is 4.79 Å². The van der Waals surface area contributed by atoms with Crippen molar-refractivity contribution in [3.8, 4) is 11.5 Å². The number of carbonyl (C=O) groups excluding carboxylic acids is 1. The van der Waals surface area contributed by atoms with Gasteiger partial charge in [-0.3, -0.25) is 4.79 Å². The van der Waals surface area contributed by atoms with Crippen molar-refractivity contribution in [2.24, 2.45) is 0 Å². The molecule has 1 heterocycles. The third-order valence-electron chi connectivity index (χ3n) is 5.29. The van der Waals surface area contributed by atoms with Gasteiger partial charge in [0.05, 0.1) is 12.1 Å². The molecule has 0 radical (unpaired) electrons. The van der Waals surface area contributed by atoms with Crippen LogP contribution in [0.25, 0.3) is 0 Å². The molecule has 29 heavy (non-hydrogen) atoms. The number of amides is 1. The molecule has 1 fully saturated rings. The van der Waals surface area contributed by atoms with Gasteiger partial charge >= 0.3 is 0 Å². The van der Waals surface area contributed by atoms with Gasteiger partial charge in [-0.15, -0.1) is 0 Å². The van der Waals surface area contributed by atoms with Gasteiger partial charge in [-0.25, -0.2) is 0 Å². The summed E-state index contributed by atoms with van der Waals surface area (Å²) < 4.78 is 5.89. The van der Waals surface area contributed by atoms with Gasteiger partial charge in [0.25, 0.3) is 0 Å². The summed E-state index contributed by atoms with van der Waals surface area (Å²) in [7, 11) is 0. The van der Waals surface area contributed by atoms with Crippen LogP contribution in [0.2, 0.25) is 0 Å². The van der Waals surface area contributed by atoms with Crippen LogP contribution in [-0.4, -0.2) is 5.91 Å². The lowest BCUT2D eigenvalue weighted by Gasteiger charge is -2.20. The second-order valence-corrected chi connectivity index (χ2v) is 7.37. The monoisotopic (exact) mass is 386 g/mol. The summed E-state index contributed by atoms with van der Waals surface area (Å²) in [6.45, 7) is 2.17. The van der Waals surface area contributed by atoms with Crippen LogP contribution in [0.15, 0.2) is 78.9 Å². The first-order valence-corrected chi connectivity index (χ1v) is 10.2. The predicted octanol–water partition coefficient (Wildman–Crippen LogP) is 5.99. The van der Waals surface area contributed by atoms with Crippen molar-refractivity contribution in [3.63, 3.8) is 0 Å². The highest BCUT2D eigenvalue weighted by Gasteiger charge is 2.22. The van der Waals surface area contributed by atoms with E-state index in [4.69, 9.17) is 4.74 Å². The molecule has 1 aliphatic rings. The van der Waals surface area contributed by atoms with Gasteiger partial charge in [0, 0.05) is 12.1 Å².